The SMILES string of the molecule is CC(C)COC(=O)CC[C@H](NC(=O)N[C@@H](CCCCNC(=O)CCCCCCCNC[C@@H](Cc1ccccc1)NC(=O)[C@H](N)Cc1ccccc1)C(=O)OC1CCCC1)C(=O)OCC(C)C. The Balaban J connectivity index is 1.34. The zero-order valence-corrected chi connectivity index (χ0v) is 40.1. The quantitative estimate of drug-likeness (QED) is 0.0269. The average molecular weight is 921 g/mol. The van der Waals surface area contributed by atoms with Crippen LogP contribution in [0.25, 0.3) is 0 Å². The second-order valence-electron chi connectivity index (χ2n) is 18.5. The predicted molar refractivity (Wildman–Crippen MR) is 256 cm³/mol. The van der Waals surface area contributed by atoms with Crippen LogP contribution in [0.5, 0.6) is 0 Å². The van der Waals surface area contributed by atoms with Crippen LogP contribution < -0.4 is 32.3 Å². The standard InChI is InChI=1S/C51H80N6O9/c1-37(2)35-64-47(59)29-28-45(49(61)65-36-38(3)4)57-51(63)56-44(50(62)66-42-24-15-16-25-42)26-17-19-31-54-46(58)27-14-6-5-7-18-30-53-34-41(32-39-20-10-8-11-21-39)55-48(60)43(52)33-40-22-12-9-13-23-40/h8-13,20-23,37-38,41-45,53H,5-7,14-19,24-36,52H2,1-4H3,(H,54,58)(H,55,60)(H2,56,57,63)/t41-,43-,44+,45+/m1/s1. The number of unbranched alkanes of at least 4 members (excludes halogenated alkanes) is 5. The number of benzene rings is 2. The van der Waals surface area contributed by atoms with Crippen molar-refractivity contribution in [3.8, 4) is 0 Å². The monoisotopic (exact) mass is 921 g/mol. The second kappa shape index (κ2) is 32.6. The predicted octanol–water partition coefficient (Wildman–Crippen LogP) is 6.20. The van der Waals surface area contributed by atoms with Crippen molar-refractivity contribution in [3.63, 3.8) is 0 Å². The lowest BCUT2D eigenvalue weighted by atomic mass is 10.0. The van der Waals surface area contributed by atoms with Gasteiger partial charge in [-0.2, -0.15) is 0 Å². The smallest absolute Gasteiger partial charge is 0.328 e. The van der Waals surface area contributed by atoms with E-state index >= 15 is 0 Å². The molecule has 368 valence electrons. The summed E-state index contributed by atoms with van der Waals surface area (Å²) in [5, 5.41) is 14.9. The highest BCUT2D eigenvalue weighted by atomic mass is 16.5. The molecular weight excluding hydrogens is 841 g/mol. The van der Waals surface area contributed by atoms with Gasteiger partial charge in [-0.3, -0.25) is 14.4 Å². The van der Waals surface area contributed by atoms with E-state index in [1.165, 1.54) is 0 Å². The maximum Gasteiger partial charge on any atom is 0.328 e. The molecule has 0 aromatic heterocycles. The fraction of sp³-hybridized carbons (Fsp3) is 0.647. The number of nitrogens with one attached hydrogen (secondary N) is 5. The molecule has 1 saturated carbocycles. The summed E-state index contributed by atoms with van der Waals surface area (Å²) < 4.78 is 16.4. The Morgan fingerprint density at radius 1 is 0.636 bits per heavy atom. The number of carbonyl (C=O) groups excluding carboxylic acids is 6. The average Bonchev–Trinajstić information content (AvgIpc) is 3.81. The van der Waals surface area contributed by atoms with Gasteiger partial charge in [0.05, 0.1) is 19.3 Å². The molecule has 3 rings (SSSR count). The zero-order chi connectivity index (χ0) is 47.9. The van der Waals surface area contributed by atoms with E-state index in [4.69, 9.17) is 19.9 Å². The molecule has 2 aromatic carbocycles. The van der Waals surface area contributed by atoms with Gasteiger partial charge < -0.3 is 46.5 Å². The zero-order valence-electron chi connectivity index (χ0n) is 40.1. The molecule has 0 unspecified atom stereocenters. The first-order chi connectivity index (χ1) is 31.8. The molecule has 0 heterocycles. The number of rotatable bonds is 33. The summed E-state index contributed by atoms with van der Waals surface area (Å²) in [4.78, 5) is 77.4. The fourth-order valence-electron chi connectivity index (χ4n) is 7.53. The molecule has 7 N–H and O–H groups in total. The third-order valence-electron chi connectivity index (χ3n) is 11.2. The number of hydrogen-bond acceptors (Lipinski definition) is 11. The summed E-state index contributed by atoms with van der Waals surface area (Å²) in [5.41, 5.74) is 8.46. The van der Waals surface area contributed by atoms with Crippen molar-refractivity contribution >= 4 is 35.8 Å². The first kappa shape index (κ1) is 55.3. The van der Waals surface area contributed by atoms with E-state index in [9.17, 15) is 28.8 Å². The molecule has 0 aliphatic heterocycles. The molecule has 2 aromatic rings. The van der Waals surface area contributed by atoms with E-state index < -0.39 is 42.1 Å². The highest BCUT2D eigenvalue weighted by Gasteiger charge is 2.30. The first-order valence-electron chi connectivity index (χ1n) is 24.5. The molecule has 4 amide bonds. The van der Waals surface area contributed by atoms with Crippen LogP contribution in [-0.2, 0) is 51.0 Å². The van der Waals surface area contributed by atoms with Gasteiger partial charge in [-0.15, -0.1) is 0 Å². The topological polar surface area (TPSA) is 216 Å². The highest BCUT2D eigenvalue weighted by molar-refractivity contribution is 5.87. The first-order valence-corrected chi connectivity index (χ1v) is 24.5. The van der Waals surface area contributed by atoms with Gasteiger partial charge >= 0.3 is 23.9 Å². The van der Waals surface area contributed by atoms with Crippen LogP contribution >= 0.6 is 0 Å². The van der Waals surface area contributed by atoms with Gasteiger partial charge in [0.15, 0.2) is 0 Å². The minimum Gasteiger partial charge on any atom is -0.465 e. The van der Waals surface area contributed by atoms with E-state index in [-0.39, 0.29) is 68.3 Å². The lowest BCUT2D eigenvalue weighted by molar-refractivity contribution is -0.151. The van der Waals surface area contributed by atoms with Crippen LogP contribution in [0.3, 0.4) is 0 Å². The van der Waals surface area contributed by atoms with Gasteiger partial charge in [-0.1, -0.05) is 108 Å². The summed E-state index contributed by atoms with van der Waals surface area (Å²) in [6.07, 6.45) is 10.9. The number of carbonyl (C=O) groups is 6. The van der Waals surface area contributed by atoms with Gasteiger partial charge in [-0.25, -0.2) is 14.4 Å². The molecular formula is C51H80N6O9. The van der Waals surface area contributed by atoms with Gasteiger partial charge in [0.1, 0.15) is 18.2 Å². The summed E-state index contributed by atoms with van der Waals surface area (Å²) in [6, 6.07) is 16.3. The molecule has 15 nitrogen and oxygen atoms in total. The van der Waals surface area contributed by atoms with E-state index in [0.29, 0.717) is 45.2 Å². The van der Waals surface area contributed by atoms with Crippen molar-refractivity contribution < 1.29 is 43.0 Å². The molecule has 0 bridgehead atoms. The number of esters is 3. The van der Waals surface area contributed by atoms with E-state index in [2.05, 4.69) is 38.7 Å². The van der Waals surface area contributed by atoms with Crippen LogP contribution in [0.15, 0.2) is 60.7 Å². The lowest BCUT2D eigenvalue weighted by Crippen LogP contribution is -2.52. The van der Waals surface area contributed by atoms with Crippen LogP contribution in [0.4, 0.5) is 4.79 Å². The Kier molecular flexibility index (Phi) is 27.3. The Hall–Kier alpha value is -5.02. The molecule has 0 spiro atoms. The normalized spacial score (nSPS) is 14.5. The van der Waals surface area contributed by atoms with Crippen LogP contribution in [0.1, 0.15) is 135 Å². The number of ether oxygens (including phenoxy) is 3. The summed E-state index contributed by atoms with van der Waals surface area (Å²) in [5.74, 6) is -1.65. The Labute approximate surface area is 393 Å². The highest BCUT2D eigenvalue weighted by Crippen LogP contribution is 2.22. The van der Waals surface area contributed by atoms with Crippen molar-refractivity contribution in [2.75, 3.05) is 32.8 Å². The largest absolute Gasteiger partial charge is 0.465 e. The molecule has 1 aliphatic rings. The Morgan fingerprint density at radius 3 is 1.86 bits per heavy atom. The van der Waals surface area contributed by atoms with Crippen molar-refractivity contribution in [1.29, 1.82) is 0 Å². The van der Waals surface area contributed by atoms with Crippen molar-refractivity contribution in [1.82, 2.24) is 26.6 Å². The number of amides is 4. The summed E-state index contributed by atoms with van der Waals surface area (Å²) in [6.45, 7) is 9.91. The van der Waals surface area contributed by atoms with Gasteiger partial charge in [0, 0.05) is 32.0 Å². The number of nitrogens with two attached hydrogens (primary N) is 1. The van der Waals surface area contributed by atoms with E-state index in [1.807, 2.05) is 76.2 Å². The molecule has 0 saturated heterocycles. The maximum atomic E-state index is 13.3. The summed E-state index contributed by atoms with van der Waals surface area (Å²) >= 11 is 0. The molecule has 1 aliphatic carbocycles. The summed E-state index contributed by atoms with van der Waals surface area (Å²) in [7, 11) is 0. The van der Waals surface area contributed by atoms with Crippen molar-refractivity contribution in [2.24, 2.45) is 17.6 Å². The van der Waals surface area contributed by atoms with Crippen LogP contribution in [0.2, 0.25) is 0 Å². The van der Waals surface area contributed by atoms with E-state index in [1.54, 1.807) is 0 Å². The third-order valence-corrected chi connectivity index (χ3v) is 11.2. The minimum absolute atomic E-state index is 0.0233. The van der Waals surface area contributed by atoms with Gasteiger partial charge in [0.2, 0.25) is 11.8 Å². The Morgan fingerprint density at radius 2 is 1.21 bits per heavy atom. The van der Waals surface area contributed by atoms with Crippen LogP contribution in [-0.4, -0.2) is 98.9 Å². The molecule has 66 heavy (non-hydrogen) atoms. The Bertz CT molecular complexity index is 1710. The number of urea groups is 1. The third kappa shape index (κ3) is 25.0. The van der Waals surface area contributed by atoms with Crippen LogP contribution in [0, 0.1) is 11.8 Å². The van der Waals surface area contributed by atoms with Crippen molar-refractivity contribution in [2.45, 2.75) is 167 Å². The lowest BCUT2D eigenvalue weighted by Gasteiger charge is -2.23. The second-order valence-corrected chi connectivity index (χ2v) is 18.5. The fourth-order valence-corrected chi connectivity index (χ4v) is 7.53. The van der Waals surface area contributed by atoms with E-state index in [0.717, 1.165) is 75.5 Å². The van der Waals surface area contributed by atoms with Gasteiger partial charge in [-0.05, 0) is 107 Å². The minimum atomic E-state index is -1.12. The molecule has 15 heteroatoms. The molecule has 0 radical (unpaired) electrons. The van der Waals surface area contributed by atoms with Gasteiger partial charge in [0.25, 0.3) is 0 Å². The molecule has 1 fully saturated rings. The number of hydrogen-bond donors (Lipinski definition) is 6. The molecule has 4 atom stereocenters. The van der Waals surface area contributed by atoms with Crippen molar-refractivity contribution in [3.05, 3.63) is 71.8 Å². The maximum absolute atomic E-state index is 13.3.